The van der Waals surface area contributed by atoms with Gasteiger partial charge in [0, 0.05) is 11.6 Å². The number of ether oxygens (including phenoxy) is 3. The van der Waals surface area contributed by atoms with Crippen LogP contribution in [0.5, 0.6) is 17.2 Å². The Kier molecular flexibility index (Phi) is 6.13. The summed E-state index contributed by atoms with van der Waals surface area (Å²) in [4.78, 5) is 0. The molecule has 23 heavy (non-hydrogen) atoms. The van der Waals surface area contributed by atoms with E-state index in [1.165, 1.54) is 0 Å². The third-order valence-corrected chi connectivity index (χ3v) is 4.08. The molecule has 0 unspecified atom stereocenters. The van der Waals surface area contributed by atoms with E-state index in [2.05, 4.69) is 0 Å². The van der Waals surface area contributed by atoms with Gasteiger partial charge in [0.25, 0.3) is 0 Å². The first-order chi connectivity index (χ1) is 11.0. The molecule has 5 heteroatoms. The molecule has 4 nitrogen and oxygen atoms in total. The molecule has 0 aliphatic rings. The minimum Gasteiger partial charge on any atom is -0.493 e. The van der Waals surface area contributed by atoms with Crippen LogP contribution in [0.25, 0.3) is 0 Å². The van der Waals surface area contributed by atoms with E-state index in [4.69, 9.17) is 31.5 Å². The van der Waals surface area contributed by atoms with Gasteiger partial charge in [-0.15, -0.1) is 0 Å². The van der Waals surface area contributed by atoms with Crippen molar-refractivity contribution < 1.29 is 14.2 Å². The van der Waals surface area contributed by atoms with Gasteiger partial charge in [-0.1, -0.05) is 17.7 Å². The summed E-state index contributed by atoms with van der Waals surface area (Å²) in [6.45, 7) is 5.24. The Bertz CT molecular complexity index is 650. The zero-order chi connectivity index (χ0) is 16.8. The maximum absolute atomic E-state index is 6.15. The summed E-state index contributed by atoms with van der Waals surface area (Å²) in [5.74, 6) is 2.14. The first-order valence-electron chi connectivity index (χ1n) is 7.44. The zero-order valence-corrected chi connectivity index (χ0v) is 14.4. The lowest BCUT2D eigenvalue weighted by Crippen LogP contribution is -2.10. The fraction of sp³-hybridized carbons (Fsp3) is 0.333. The van der Waals surface area contributed by atoms with Gasteiger partial charge in [-0.3, -0.25) is 0 Å². The number of benzene rings is 2. The molecule has 0 saturated carbocycles. The summed E-state index contributed by atoms with van der Waals surface area (Å²) in [7, 11) is 1.61. The summed E-state index contributed by atoms with van der Waals surface area (Å²) in [6.07, 6.45) is 0. The van der Waals surface area contributed by atoms with E-state index in [9.17, 15) is 0 Å². The van der Waals surface area contributed by atoms with Gasteiger partial charge >= 0.3 is 0 Å². The number of rotatable bonds is 7. The molecular formula is C18H22ClNO3. The van der Waals surface area contributed by atoms with Crippen LogP contribution in [0.15, 0.2) is 30.3 Å². The van der Waals surface area contributed by atoms with Gasteiger partial charge in [0.15, 0.2) is 11.5 Å². The topological polar surface area (TPSA) is 53.7 Å². The Morgan fingerprint density at radius 2 is 1.61 bits per heavy atom. The minimum absolute atomic E-state index is 0.416. The van der Waals surface area contributed by atoms with E-state index >= 15 is 0 Å². The Hall–Kier alpha value is -1.91. The Labute approximate surface area is 142 Å². The molecular weight excluding hydrogens is 314 g/mol. The second-order valence-corrected chi connectivity index (χ2v) is 5.64. The molecule has 0 amide bonds. The average molecular weight is 336 g/mol. The highest BCUT2D eigenvalue weighted by Crippen LogP contribution is 2.28. The SMILES string of the molecule is COc1cc(CN)ccc1OCCOc1cc(C)c(Cl)c(C)c1. The zero-order valence-electron chi connectivity index (χ0n) is 13.7. The normalized spacial score (nSPS) is 10.5. The van der Waals surface area contributed by atoms with Gasteiger partial charge in [-0.05, 0) is 54.8 Å². The van der Waals surface area contributed by atoms with Crippen LogP contribution >= 0.6 is 11.6 Å². The van der Waals surface area contributed by atoms with E-state index in [-0.39, 0.29) is 0 Å². The molecule has 2 aromatic carbocycles. The van der Waals surface area contributed by atoms with Crippen molar-refractivity contribution in [2.24, 2.45) is 5.73 Å². The Balaban J connectivity index is 1.91. The van der Waals surface area contributed by atoms with Crippen molar-refractivity contribution in [1.29, 1.82) is 0 Å². The molecule has 0 aromatic heterocycles. The van der Waals surface area contributed by atoms with Gasteiger partial charge in [0.2, 0.25) is 0 Å². The lowest BCUT2D eigenvalue weighted by Gasteiger charge is -2.13. The van der Waals surface area contributed by atoms with Crippen molar-refractivity contribution in [3.8, 4) is 17.2 Å². The van der Waals surface area contributed by atoms with Gasteiger partial charge < -0.3 is 19.9 Å². The maximum atomic E-state index is 6.15. The largest absolute Gasteiger partial charge is 0.493 e. The molecule has 0 bridgehead atoms. The van der Waals surface area contributed by atoms with Crippen LogP contribution < -0.4 is 19.9 Å². The summed E-state index contributed by atoms with van der Waals surface area (Å²) in [5.41, 5.74) is 8.62. The molecule has 0 fully saturated rings. The molecule has 2 N–H and O–H groups in total. The predicted octanol–water partition coefficient (Wildman–Crippen LogP) is 3.88. The number of hydrogen-bond donors (Lipinski definition) is 1. The average Bonchev–Trinajstić information content (AvgIpc) is 2.56. The molecule has 2 rings (SSSR count). The van der Waals surface area contributed by atoms with Crippen LogP contribution in [-0.2, 0) is 6.54 Å². The van der Waals surface area contributed by atoms with E-state index in [1.807, 2.05) is 44.2 Å². The lowest BCUT2D eigenvalue weighted by atomic mass is 10.1. The highest BCUT2D eigenvalue weighted by molar-refractivity contribution is 6.32. The monoisotopic (exact) mass is 335 g/mol. The molecule has 124 valence electrons. The first kappa shape index (κ1) is 17.4. The molecule has 0 radical (unpaired) electrons. The molecule has 2 aromatic rings. The van der Waals surface area contributed by atoms with Crippen LogP contribution in [0.1, 0.15) is 16.7 Å². The Morgan fingerprint density at radius 3 is 2.22 bits per heavy atom. The van der Waals surface area contributed by atoms with Crippen LogP contribution in [0, 0.1) is 13.8 Å². The second kappa shape index (κ2) is 8.09. The smallest absolute Gasteiger partial charge is 0.161 e. The van der Waals surface area contributed by atoms with Crippen LogP contribution in [0.2, 0.25) is 5.02 Å². The molecule has 0 atom stereocenters. The van der Waals surface area contributed by atoms with Crippen molar-refractivity contribution >= 4 is 11.6 Å². The van der Waals surface area contributed by atoms with Crippen molar-refractivity contribution in [3.05, 3.63) is 52.0 Å². The summed E-state index contributed by atoms with van der Waals surface area (Å²) < 4.78 is 16.7. The predicted molar refractivity (Wildman–Crippen MR) is 92.8 cm³/mol. The first-order valence-corrected chi connectivity index (χ1v) is 7.82. The van der Waals surface area contributed by atoms with Crippen molar-refractivity contribution in [1.82, 2.24) is 0 Å². The number of aryl methyl sites for hydroxylation is 2. The van der Waals surface area contributed by atoms with E-state index < -0.39 is 0 Å². The molecule has 0 aliphatic carbocycles. The number of hydrogen-bond acceptors (Lipinski definition) is 4. The van der Waals surface area contributed by atoms with Crippen molar-refractivity contribution in [2.45, 2.75) is 20.4 Å². The highest BCUT2D eigenvalue weighted by atomic mass is 35.5. The van der Waals surface area contributed by atoms with E-state index in [1.54, 1.807) is 7.11 Å². The van der Waals surface area contributed by atoms with Crippen molar-refractivity contribution in [2.75, 3.05) is 20.3 Å². The summed E-state index contributed by atoms with van der Waals surface area (Å²) in [6, 6.07) is 9.50. The van der Waals surface area contributed by atoms with Gasteiger partial charge in [0.05, 0.1) is 7.11 Å². The third kappa shape index (κ3) is 4.53. The second-order valence-electron chi connectivity index (χ2n) is 5.26. The standard InChI is InChI=1S/C18H22ClNO3/c1-12-8-15(9-13(2)18(12)19)22-6-7-23-16-5-4-14(11-20)10-17(16)21-3/h4-5,8-10H,6-7,11,20H2,1-3H3. The molecule has 0 heterocycles. The minimum atomic E-state index is 0.416. The fourth-order valence-electron chi connectivity index (χ4n) is 2.26. The maximum Gasteiger partial charge on any atom is 0.161 e. The highest BCUT2D eigenvalue weighted by Gasteiger charge is 2.06. The Morgan fingerprint density at radius 1 is 0.957 bits per heavy atom. The lowest BCUT2D eigenvalue weighted by molar-refractivity contribution is 0.211. The molecule has 0 spiro atoms. The van der Waals surface area contributed by atoms with Crippen LogP contribution in [0.4, 0.5) is 0 Å². The summed E-state index contributed by atoms with van der Waals surface area (Å²) >= 11 is 6.15. The molecule has 0 saturated heterocycles. The number of halogens is 1. The number of nitrogens with two attached hydrogens (primary N) is 1. The third-order valence-electron chi connectivity index (χ3n) is 3.48. The summed E-state index contributed by atoms with van der Waals surface area (Å²) in [5, 5.41) is 0.776. The van der Waals surface area contributed by atoms with Crippen LogP contribution in [0.3, 0.4) is 0 Å². The van der Waals surface area contributed by atoms with E-state index in [0.29, 0.717) is 31.3 Å². The van der Waals surface area contributed by atoms with Gasteiger partial charge in [-0.25, -0.2) is 0 Å². The quantitative estimate of drug-likeness (QED) is 0.780. The van der Waals surface area contributed by atoms with Crippen molar-refractivity contribution in [3.63, 3.8) is 0 Å². The van der Waals surface area contributed by atoms with E-state index in [0.717, 1.165) is 27.5 Å². The number of methoxy groups -OCH3 is 1. The van der Waals surface area contributed by atoms with Gasteiger partial charge in [0.1, 0.15) is 19.0 Å². The van der Waals surface area contributed by atoms with Gasteiger partial charge in [-0.2, -0.15) is 0 Å². The fourth-order valence-corrected chi connectivity index (χ4v) is 2.37. The van der Waals surface area contributed by atoms with Crippen LogP contribution in [-0.4, -0.2) is 20.3 Å². The molecule has 0 aliphatic heterocycles.